The number of hydrogen-bond acceptors (Lipinski definition) is 6. The van der Waals surface area contributed by atoms with E-state index in [-0.39, 0.29) is 5.82 Å². The molecule has 1 aromatic heterocycles. The summed E-state index contributed by atoms with van der Waals surface area (Å²) in [6, 6.07) is -2.68. The highest BCUT2D eigenvalue weighted by Gasteiger charge is 2.25. The predicted molar refractivity (Wildman–Crippen MR) is 57.4 cm³/mol. The summed E-state index contributed by atoms with van der Waals surface area (Å²) < 4.78 is 0. The Labute approximate surface area is 102 Å². The smallest absolute Gasteiger partial charge is 0.328 e. The van der Waals surface area contributed by atoms with Crippen molar-refractivity contribution in [2.45, 2.75) is 32.0 Å². The Morgan fingerprint density at radius 1 is 1.33 bits per heavy atom. The van der Waals surface area contributed by atoms with Crippen LogP contribution in [-0.2, 0) is 4.79 Å². The molecule has 18 heavy (non-hydrogen) atoms. The number of aliphatic carboxylic acids is 1. The molecule has 3 atom stereocenters. The number of rotatable bonds is 5. The molecular formula is C8H14N6O4. The van der Waals surface area contributed by atoms with E-state index in [9.17, 15) is 14.7 Å². The molecular weight excluding hydrogens is 244 g/mol. The molecule has 1 rings (SSSR count). The van der Waals surface area contributed by atoms with Crippen molar-refractivity contribution in [3.05, 3.63) is 5.82 Å². The molecule has 1 heterocycles. The third kappa shape index (κ3) is 3.66. The molecule has 0 aromatic carbocycles. The lowest BCUT2D eigenvalue weighted by Crippen LogP contribution is -2.51. The maximum Gasteiger partial charge on any atom is 0.328 e. The van der Waals surface area contributed by atoms with E-state index in [1.54, 1.807) is 6.92 Å². The van der Waals surface area contributed by atoms with Gasteiger partial charge in [0.2, 0.25) is 0 Å². The van der Waals surface area contributed by atoms with Crippen LogP contribution in [0.5, 0.6) is 0 Å². The van der Waals surface area contributed by atoms with Crippen LogP contribution in [0.4, 0.5) is 4.79 Å². The van der Waals surface area contributed by atoms with Crippen molar-refractivity contribution in [3.63, 3.8) is 0 Å². The van der Waals surface area contributed by atoms with E-state index in [4.69, 9.17) is 5.11 Å². The average molecular weight is 258 g/mol. The highest BCUT2D eigenvalue weighted by Crippen LogP contribution is 2.02. The SMILES string of the molecule is CC(NC(=O)N[C@H](C(=O)O)[C@@H](C)O)c1nn[nH]n1. The van der Waals surface area contributed by atoms with E-state index in [0.717, 1.165) is 0 Å². The van der Waals surface area contributed by atoms with Gasteiger partial charge in [0.25, 0.3) is 0 Å². The standard InChI is InChI=1S/C8H14N6O4/c1-3(6-11-13-14-12-6)9-8(18)10-5(4(2)15)7(16)17/h3-5,15H,1-2H3,(H,16,17)(H2,9,10,18)(H,11,12,13,14)/t3?,4-,5+/m1/s1. The van der Waals surface area contributed by atoms with E-state index in [1.807, 2.05) is 0 Å². The fourth-order valence-corrected chi connectivity index (χ4v) is 1.19. The molecule has 100 valence electrons. The van der Waals surface area contributed by atoms with Gasteiger partial charge in [0.15, 0.2) is 11.9 Å². The zero-order chi connectivity index (χ0) is 13.7. The van der Waals surface area contributed by atoms with Gasteiger partial charge in [-0.3, -0.25) is 0 Å². The Kier molecular flexibility index (Phi) is 4.54. The van der Waals surface area contributed by atoms with Gasteiger partial charge >= 0.3 is 12.0 Å². The molecule has 0 saturated carbocycles. The number of H-pyrrole nitrogens is 1. The summed E-state index contributed by atoms with van der Waals surface area (Å²) in [5.41, 5.74) is 0. The summed E-state index contributed by atoms with van der Waals surface area (Å²) in [5, 5.41) is 35.4. The number of nitrogens with one attached hydrogen (secondary N) is 3. The third-order valence-electron chi connectivity index (χ3n) is 2.13. The number of carbonyl (C=O) groups excluding carboxylic acids is 1. The number of carboxylic acids is 1. The summed E-state index contributed by atoms with van der Waals surface area (Å²) in [6.07, 6.45) is -1.21. The Hall–Kier alpha value is -2.23. The molecule has 0 aliphatic carbocycles. The number of aromatic nitrogens is 4. The van der Waals surface area contributed by atoms with E-state index in [2.05, 4.69) is 31.3 Å². The maximum atomic E-state index is 11.5. The molecule has 2 amide bonds. The molecule has 0 aliphatic heterocycles. The van der Waals surface area contributed by atoms with Crippen LogP contribution in [0.1, 0.15) is 25.7 Å². The second kappa shape index (κ2) is 5.91. The molecule has 10 nitrogen and oxygen atoms in total. The monoisotopic (exact) mass is 258 g/mol. The molecule has 0 fully saturated rings. The van der Waals surface area contributed by atoms with Crippen LogP contribution in [0.15, 0.2) is 0 Å². The second-order valence-corrected chi connectivity index (χ2v) is 3.67. The summed E-state index contributed by atoms with van der Waals surface area (Å²) >= 11 is 0. The largest absolute Gasteiger partial charge is 0.480 e. The number of urea groups is 1. The molecule has 1 aromatic rings. The first-order valence-electron chi connectivity index (χ1n) is 5.13. The van der Waals surface area contributed by atoms with Crippen LogP contribution in [0, 0.1) is 0 Å². The van der Waals surface area contributed by atoms with Crippen LogP contribution in [0.2, 0.25) is 0 Å². The molecule has 0 saturated heterocycles. The van der Waals surface area contributed by atoms with Crippen LogP contribution in [0.3, 0.4) is 0 Å². The van der Waals surface area contributed by atoms with Gasteiger partial charge in [0.05, 0.1) is 12.1 Å². The fraction of sp³-hybridized carbons (Fsp3) is 0.625. The first-order chi connectivity index (χ1) is 8.41. The number of amides is 2. The first kappa shape index (κ1) is 13.8. The number of aromatic amines is 1. The van der Waals surface area contributed by atoms with Crippen molar-refractivity contribution in [2.75, 3.05) is 0 Å². The topological polar surface area (TPSA) is 153 Å². The molecule has 0 spiro atoms. The van der Waals surface area contributed by atoms with Crippen molar-refractivity contribution in [2.24, 2.45) is 0 Å². The van der Waals surface area contributed by atoms with Gasteiger partial charge in [-0.15, -0.1) is 10.2 Å². The van der Waals surface area contributed by atoms with E-state index >= 15 is 0 Å². The van der Waals surface area contributed by atoms with Crippen molar-refractivity contribution in [3.8, 4) is 0 Å². The quantitative estimate of drug-likeness (QED) is 0.426. The Morgan fingerprint density at radius 3 is 2.44 bits per heavy atom. The number of aliphatic hydroxyl groups is 1. The highest BCUT2D eigenvalue weighted by molar-refractivity contribution is 5.83. The Bertz CT molecular complexity index is 406. The summed E-state index contributed by atoms with van der Waals surface area (Å²) in [7, 11) is 0. The van der Waals surface area contributed by atoms with Gasteiger partial charge in [-0.2, -0.15) is 5.21 Å². The number of carboxylic acid groups (broad SMARTS) is 1. The molecule has 0 aliphatic rings. The minimum Gasteiger partial charge on any atom is -0.480 e. The highest BCUT2D eigenvalue weighted by atomic mass is 16.4. The first-order valence-corrected chi connectivity index (χ1v) is 5.13. The predicted octanol–water partition coefficient (Wildman–Crippen LogP) is -1.61. The molecule has 0 bridgehead atoms. The number of nitrogens with zero attached hydrogens (tertiary/aromatic N) is 3. The maximum absolute atomic E-state index is 11.5. The van der Waals surface area contributed by atoms with Crippen LogP contribution < -0.4 is 10.6 Å². The van der Waals surface area contributed by atoms with E-state index in [0.29, 0.717) is 0 Å². The zero-order valence-electron chi connectivity index (χ0n) is 9.78. The lowest BCUT2D eigenvalue weighted by molar-refractivity contribution is -0.141. The van der Waals surface area contributed by atoms with Gasteiger partial charge in [-0.05, 0) is 13.8 Å². The summed E-state index contributed by atoms with van der Waals surface area (Å²) in [4.78, 5) is 22.2. The number of carbonyl (C=O) groups is 2. The average Bonchev–Trinajstić information content (AvgIpc) is 2.78. The lowest BCUT2D eigenvalue weighted by atomic mass is 10.2. The van der Waals surface area contributed by atoms with Gasteiger partial charge in [-0.25, -0.2) is 9.59 Å². The Balaban J connectivity index is 2.53. The van der Waals surface area contributed by atoms with E-state index < -0.39 is 30.2 Å². The summed E-state index contributed by atoms with van der Waals surface area (Å²) in [6.45, 7) is 2.87. The lowest BCUT2D eigenvalue weighted by Gasteiger charge is -2.18. The fourth-order valence-electron chi connectivity index (χ4n) is 1.19. The Morgan fingerprint density at radius 2 is 2.00 bits per heavy atom. The van der Waals surface area contributed by atoms with Crippen LogP contribution >= 0.6 is 0 Å². The molecule has 5 N–H and O–H groups in total. The van der Waals surface area contributed by atoms with E-state index in [1.165, 1.54) is 6.92 Å². The minimum atomic E-state index is -1.39. The van der Waals surface area contributed by atoms with Gasteiger partial charge in [-0.1, -0.05) is 5.21 Å². The number of hydrogen-bond donors (Lipinski definition) is 5. The number of aliphatic hydroxyl groups excluding tert-OH is 1. The van der Waals surface area contributed by atoms with Gasteiger partial charge < -0.3 is 20.8 Å². The third-order valence-corrected chi connectivity index (χ3v) is 2.13. The van der Waals surface area contributed by atoms with Crippen molar-refractivity contribution >= 4 is 12.0 Å². The second-order valence-electron chi connectivity index (χ2n) is 3.67. The normalized spacial score (nSPS) is 15.5. The van der Waals surface area contributed by atoms with Crippen LogP contribution in [-0.4, -0.2) is 55.0 Å². The molecule has 1 unspecified atom stereocenters. The molecule has 0 radical (unpaired) electrons. The van der Waals surface area contributed by atoms with Crippen molar-refractivity contribution in [1.82, 2.24) is 31.3 Å². The summed E-state index contributed by atoms with van der Waals surface area (Å²) in [5.74, 6) is -1.07. The van der Waals surface area contributed by atoms with Gasteiger partial charge in [0, 0.05) is 0 Å². The van der Waals surface area contributed by atoms with Crippen molar-refractivity contribution in [1.29, 1.82) is 0 Å². The van der Waals surface area contributed by atoms with Crippen molar-refractivity contribution < 1.29 is 19.8 Å². The number of tetrazole rings is 1. The minimum absolute atomic E-state index is 0.258. The zero-order valence-corrected chi connectivity index (χ0v) is 9.78. The van der Waals surface area contributed by atoms with Gasteiger partial charge in [0.1, 0.15) is 0 Å². The molecule has 10 heteroatoms. The van der Waals surface area contributed by atoms with Crippen LogP contribution in [0.25, 0.3) is 0 Å².